The van der Waals surface area contributed by atoms with Crippen LogP contribution >= 0.6 is 0 Å². The van der Waals surface area contributed by atoms with Crippen LogP contribution in [0.3, 0.4) is 0 Å². The van der Waals surface area contributed by atoms with Gasteiger partial charge in [-0.15, -0.1) is 0 Å². The first-order chi connectivity index (χ1) is 9.56. The lowest BCUT2D eigenvalue weighted by Gasteiger charge is -2.22. The Kier molecular flexibility index (Phi) is 3.36. The highest BCUT2D eigenvalue weighted by molar-refractivity contribution is 5.55. The third-order valence-corrected chi connectivity index (χ3v) is 4.53. The van der Waals surface area contributed by atoms with Crippen molar-refractivity contribution in [3.05, 3.63) is 35.7 Å². The molecule has 0 atom stereocenters. The van der Waals surface area contributed by atoms with Gasteiger partial charge < -0.3 is 0 Å². The number of nitrogens with zero attached hydrogens (tertiary/aromatic N) is 3. The molecule has 0 spiro atoms. The fourth-order valence-corrected chi connectivity index (χ4v) is 3.26. The quantitative estimate of drug-likeness (QED) is 0.845. The van der Waals surface area contributed by atoms with Gasteiger partial charge in [0.25, 0.3) is 0 Å². The Morgan fingerprint density at radius 2 is 2.00 bits per heavy atom. The summed E-state index contributed by atoms with van der Waals surface area (Å²) in [6.45, 7) is 4.49. The van der Waals surface area contributed by atoms with E-state index in [9.17, 15) is 0 Å². The van der Waals surface area contributed by atoms with Gasteiger partial charge in [-0.3, -0.25) is 4.68 Å². The van der Waals surface area contributed by atoms with Crippen LogP contribution in [0.25, 0.3) is 11.4 Å². The molecule has 106 valence electrons. The van der Waals surface area contributed by atoms with Crippen LogP contribution in [0.5, 0.6) is 0 Å². The monoisotopic (exact) mass is 269 g/mol. The summed E-state index contributed by atoms with van der Waals surface area (Å²) in [7, 11) is 2.01. The zero-order valence-electron chi connectivity index (χ0n) is 12.7. The third kappa shape index (κ3) is 2.62. The Bertz CT molecular complexity index is 606. The average Bonchev–Trinajstić information content (AvgIpc) is 2.98. The molecule has 0 aliphatic heterocycles. The molecule has 0 N–H and O–H groups in total. The van der Waals surface area contributed by atoms with Crippen molar-refractivity contribution in [1.82, 2.24) is 14.8 Å². The minimum atomic E-state index is 0.421. The van der Waals surface area contributed by atoms with E-state index >= 15 is 0 Å². The maximum absolute atomic E-state index is 4.78. The van der Waals surface area contributed by atoms with Crippen molar-refractivity contribution < 1.29 is 0 Å². The maximum Gasteiger partial charge on any atom is 0.181 e. The zero-order valence-corrected chi connectivity index (χ0v) is 12.7. The van der Waals surface area contributed by atoms with Gasteiger partial charge in [0.05, 0.1) is 0 Å². The van der Waals surface area contributed by atoms with Crippen molar-refractivity contribution in [2.45, 2.75) is 46.0 Å². The normalized spacial score (nSPS) is 17.6. The molecule has 0 radical (unpaired) electrons. The largest absolute Gasteiger partial charge is 0.252 e. The van der Waals surface area contributed by atoms with Crippen molar-refractivity contribution in [3.8, 4) is 11.4 Å². The predicted octanol–water partition coefficient (Wildman–Crippen LogP) is 3.91. The van der Waals surface area contributed by atoms with E-state index in [4.69, 9.17) is 4.98 Å². The highest BCUT2D eigenvalue weighted by Crippen LogP contribution is 2.40. The molecule has 1 heterocycles. The highest BCUT2D eigenvalue weighted by atomic mass is 15.3. The summed E-state index contributed by atoms with van der Waals surface area (Å²) in [5.74, 6) is 1.97. The second-order valence-corrected chi connectivity index (χ2v) is 6.54. The van der Waals surface area contributed by atoms with E-state index in [2.05, 4.69) is 43.2 Å². The van der Waals surface area contributed by atoms with Gasteiger partial charge in [-0.2, -0.15) is 5.10 Å². The van der Waals surface area contributed by atoms with Crippen LogP contribution in [0.15, 0.2) is 24.3 Å². The van der Waals surface area contributed by atoms with Crippen molar-refractivity contribution >= 4 is 0 Å². The van der Waals surface area contributed by atoms with Gasteiger partial charge in [0.2, 0.25) is 0 Å². The van der Waals surface area contributed by atoms with E-state index in [0.29, 0.717) is 5.41 Å². The van der Waals surface area contributed by atoms with Crippen molar-refractivity contribution in [3.63, 3.8) is 0 Å². The van der Waals surface area contributed by atoms with E-state index in [1.165, 1.54) is 31.2 Å². The van der Waals surface area contributed by atoms with Crippen LogP contribution in [0.2, 0.25) is 0 Å². The van der Waals surface area contributed by atoms with Gasteiger partial charge in [-0.25, -0.2) is 4.98 Å². The summed E-state index contributed by atoms with van der Waals surface area (Å²) in [4.78, 5) is 4.78. The molecule has 20 heavy (non-hydrogen) atoms. The van der Waals surface area contributed by atoms with Gasteiger partial charge in [0.15, 0.2) is 5.82 Å². The van der Waals surface area contributed by atoms with Crippen LogP contribution in [0.4, 0.5) is 0 Å². The number of aromatic nitrogens is 3. The maximum atomic E-state index is 4.78. The lowest BCUT2D eigenvalue weighted by molar-refractivity contribution is 0.322. The Morgan fingerprint density at radius 1 is 1.25 bits per heavy atom. The fourth-order valence-electron chi connectivity index (χ4n) is 3.26. The summed E-state index contributed by atoms with van der Waals surface area (Å²) in [5.41, 5.74) is 2.78. The molecule has 0 unspecified atom stereocenters. The smallest absolute Gasteiger partial charge is 0.181 e. The molecule has 0 amide bonds. The molecule has 1 aliphatic carbocycles. The molecule has 3 rings (SSSR count). The lowest BCUT2D eigenvalue weighted by atomic mass is 9.85. The molecule has 3 nitrogen and oxygen atoms in total. The van der Waals surface area contributed by atoms with E-state index in [0.717, 1.165) is 23.6 Å². The van der Waals surface area contributed by atoms with Gasteiger partial charge >= 0.3 is 0 Å². The summed E-state index contributed by atoms with van der Waals surface area (Å²) >= 11 is 0. The standard InChI is InChI=1S/C17H23N3/c1-13-7-6-8-14(11-13)16-18-15(20(3)19-16)12-17(2)9-4-5-10-17/h6-8,11H,4-5,9-10,12H2,1-3H3. The molecule has 0 bridgehead atoms. The first-order valence-electron chi connectivity index (χ1n) is 7.53. The van der Waals surface area contributed by atoms with Crippen LogP contribution in [0.1, 0.15) is 44.0 Å². The Balaban J connectivity index is 1.87. The lowest BCUT2D eigenvalue weighted by Crippen LogP contribution is -2.17. The van der Waals surface area contributed by atoms with Crippen LogP contribution < -0.4 is 0 Å². The van der Waals surface area contributed by atoms with Gasteiger partial charge in [0.1, 0.15) is 5.82 Å². The van der Waals surface area contributed by atoms with Gasteiger partial charge in [-0.05, 0) is 31.2 Å². The number of rotatable bonds is 3. The molecule has 1 saturated carbocycles. The first-order valence-corrected chi connectivity index (χ1v) is 7.53. The van der Waals surface area contributed by atoms with Crippen LogP contribution in [-0.4, -0.2) is 14.8 Å². The Labute approximate surface area is 121 Å². The molecule has 1 aromatic carbocycles. The topological polar surface area (TPSA) is 30.7 Å². The summed E-state index contributed by atoms with van der Waals surface area (Å²) in [6.07, 6.45) is 6.40. The second-order valence-electron chi connectivity index (χ2n) is 6.54. The van der Waals surface area contributed by atoms with E-state index < -0.39 is 0 Å². The summed E-state index contributed by atoms with van der Waals surface area (Å²) < 4.78 is 1.96. The summed E-state index contributed by atoms with van der Waals surface area (Å²) in [5, 5.41) is 4.60. The van der Waals surface area contributed by atoms with Crippen molar-refractivity contribution in [2.75, 3.05) is 0 Å². The van der Waals surface area contributed by atoms with Crippen LogP contribution in [0, 0.1) is 12.3 Å². The molecular formula is C17H23N3. The minimum absolute atomic E-state index is 0.421. The first kappa shape index (κ1) is 13.3. The summed E-state index contributed by atoms with van der Waals surface area (Å²) in [6, 6.07) is 8.41. The Hall–Kier alpha value is -1.64. The average molecular weight is 269 g/mol. The van der Waals surface area contributed by atoms with Crippen molar-refractivity contribution in [1.29, 1.82) is 0 Å². The van der Waals surface area contributed by atoms with E-state index in [-0.39, 0.29) is 0 Å². The second kappa shape index (κ2) is 5.04. The minimum Gasteiger partial charge on any atom is -0.252 e. The van der Waals surface area contributed by atoms with E-state index in [1.807, 2.05) is 11.7 Å². The van der Waals surface area contributed by atoms with Crippen LogP contribution in [-0.2, 0) is 13.5 Å². The third-order valence-electron chi connectivity index (χ3n) is 4.53. The Morgan fingerprint density at radius 3 is 2.70 bits per heavy atom. The molecule has 0 saturated heterocycles. The molecule has 3 heteroatoms. The van der Waals surface area contributed by atoms with Crippen molar-refractivity contribution in [2.24, 2.45) is 12.5 Å². The zero-order chi connectivity index (χ0) is 14.2. The van der Waals surface area contributed by atoms with E-state index in [1.54, 1.807) is 0 Å². The SMILES string of the molecule is Cc1cccc(-c2nc(CC3(C)CCCC3)n(C)n2)c1. The van der Waals surface area contributed by atoms with Gasteiger partial charge in [0, 0.05) is 19.0 Å². The number of aryl methyl sites for hydroxylation is 2. The molecule has 2 aromatic rings. The molecule has 1 aliphatic rings. The highest BCUT2D eigenvalue weighted by Gasteiger charge is 2.30. The fraction of sp³-hybridized carbons (Fsp3) is 0.529. The number of hydrogen-bond donors (Lipinski definition) is 0. The molecular weight excluding hydrogens is 246 g/mol. The predicted molar refractivity (Wildman–Crippen MR) is 81.5 cm³/mol. The number of hydrogen-bond acceptors (Lipinski definition) is 2. The van der Waals surface area contributed by atoms with Gasteiger partial charge in [-0.1, -0.05) is 43.5 Å². The molecule has 1 fully saturated rings. The number of benzene rings is 1. The molecule has 1 aromatic heterocycles.